The summed E-state index contributed by atoms with van der Waals surface area (Å²) in [5.41, 5.74) is 3.29. The molecule has 0 saturated carbocycles. The van der Waals surface area contributed by atoms with Crippen LogP contribution in [0.2, 0.25) is 0 Å². The number of aromatic hydroxyl groups is 1. The number of ether oxygens (including phenoxy) is 4. The van der Waals surface area contributed by atoms with Gasteiger partial charge in [0.15, 0.2) is 17.3 Å². The van der Waals surface area contributed by atoms with Crippen molar-refractivity contribution in [1.29, 1.82) is 0 Å². The number of hydrogen-bond acceptors (Lipinski definition) is 6. The molecule has 3 aromatic carbocycles. The summed E-state index contributed by atoms with van der Waals surface area (Å²) in [5.74, 6) is 2.17. The molecule has 0 aliphatic rings. The van der Waals surface area contributed by atoms with Gasteiger partial charge < -0.3 is 24.1 Å². The number of rotatable bonds is 10. The Bertz CT molecular complexity index is 1250. The first-order chi connectivity index (χ1) is 17.0. The summed E-state index contributed by atoms with van der Waals surface area (Å²) in [7, 11) is 6.26. The molecule has 0 atom stereocenters. The third-order valence-corrected chi connectivity index (χ3v) is 5.23. The van der Waals surface area contributed by atoms with Crippen molar-refractivity contribution < 1.29 is 28.8 Å². The van der Waals surface area contributed by atoms with E-state index in [0.717, 1.165) is 28.0 Å². The Kier molecular flexibility index (Phi) is 8.73. The number of hydrogen-bond donors (Lipinski definition) is 1. The van der Waals surface area contributed by atoms with Gasteiger partial charge in [0, 0.05) is 11.6 Å². The molecule has 0 saturated heterocycles. The minimum Gasteiger partial charge on any atom is -0.504 e. The lowest BCUT2D eigenvalue weighted by Crippen LogP contribution is -1.94. The summed E-state index contributed by atoms with van der Waals surface area (Å²) >= 11 is 0. The molecule has 0 fully saturated rings. The molecular formula is C29H28O6. The topological polar surface area (TPSA) is 74.2 Å². The fourth-order valence-electron chi connectivity index (χ4n) is 3.32. The number of ketones is 1. The van der Waals surface area contributed by atoms with Crippen LogP contribution in [0.15, 0.2) is 66.7 Å². The van der Waals surface area contributed by atoms with Crippen LogP contribution < -0.4 is 18.9 Å². The second kappa shape index (κ2) is 12.1. The molecule has 0 bridgehead atoms. The van der Waals surface area contributed by atoms with Crippen LogP contribution in [-0.4, -0.2) is 39.3 Å². The molecule has 0 heterocycles. The van der Waals surface area contributed by atoms with Crippen LogP contribution in [0.25, 0.3) is 24.3 Å². The first-order valence-electron chi connectivity index (χ1n) is 10.8. The highest BCUT2D eigenvalue weighted by atomic mass is 16.5. The molecule has 0 radical (unpaired) electrons. The second-order valence-corrected chi connectivity index (χ2v) is 7.44. The number of benzene rings is 3. The first kappa shape index (κ1) is 25.2. The second-order valence-electron chi connectivity index (χ2n) is 7.44. The number of carbonyl (C=O) groups is 1. The van der Waals surface area contributed by atoms with Gasteiger partial charge in [0.2, 0.25) is 0 Å². The van der Waals surface area contributed by atoms with E-state index in [1.54, 1.807) is 51.7 Å². The van der Waals surface area contributed by atoms with Crippen LogP contribution in [-0.2, 0) is 4.79 Å². The third kappa shape index (κ3) is 6.77. The van der Waals surface area contributed by atoms with Crippen molar-refractivity contribution in [2.24, 2.45) is 0 Å². The molecule has 0 spiro atoms. The zero-order valence-corrected chi connectivity index (χ0v) is 20.1. The maximum atomic E-state index is 12.5. The molecule has 6 heteroatoms. The monoisotopic (exact) mass is 472 g/mol. The highest BCUT2D eigenvalue weighted by Crippen LogP contribution is 2.32. The standard InChI is InChI=1S/C29H28O6/c1-32-24-13-7-20(8-14-24)5-10-22-18-25(33-2)19-28(34-3)26(22)15-12-23(30)11-6-21-9-16-27(31)29(17-21)35-4/h5-19,31H,1-4H3/b10-5+,11-6+,15-12+. The normalized spacial score (nSPS) is 11.3. The molecule has 0 amide bonds. The van der Waals surface area contributed by atoms with E-state index in [-0.39, 0.29) is 11.5 Å². The van der Waals surface area contributed by atoms with Crippen LogP contribution in [0.1, 0.15) is 22.3 Å². The Labute approximate surface area is 205 Å². The lowest BCUT2D eigenvalue weighted by atomic mass is 10.0. The van der Waals surface area contributed by atoms with Gasteiger partial charge in [-0.05, 0) is 65.3 Å². The summed E-state index contributed by atoms with van der Waals surface area (Å²) in [6.45, 7) is 0. The van der Waals surface area contributed by atoms with E-state index in [9.17, 15) is 9.90 Å². The summed E-state index contributed by atoms with van der Waals surface area (Å²) in [5, 5.41) is 9.72. The number of phenolic OH excluding ortho intramolecular Hbond substituents is 1. The van der Waals surface area contributed by atoms with Gasteiger partial charge in [-0.1, -0.05) is 36.4 Å². The van der Waals surface area contributed by atoms with Crippen LogP contribution in [0.4, 0.5) is 0 Å². The van der Waals surface area contributed by atoms with E-state index >= 15 is 0 Å². The van der Waals surface area contributed by atoms with Gasteiger partial charge in [0.05, 0.1) is 28.4 Å². The Balaban J connectivity index is 1.87. The fourth-order valence-corrected chi connectivity index (χ4v) is 3.32. The number of methoxy groups -OCH3 is 4. The van der Waals surface area contributed by atoms with E-state index in [1.807, 2.05) is 42.5 Å². The molecule has 180 valence electrons. The van der Waals surface area contributed by atoms with Gasteiger partial charge in [-0.3, -0.25) is 4.79 Å². The average Bonchev–Trinajstić information content (AvgIpc) is 2.90. The average molecular weight is 473 g/mol. The molecule has 1 N–H and O–H groups in total. The Morgan fingerprint density at radius 3 is 1.97 bits per heavy atom. The van der Waals surface area contributed by atoms with E-state index < -0.39 is 0 Å². The van der Waals surface area contributed by atoms with Gasteiger partial charge in [0.1, 0.15) is 17.2 Å². The smallest absolute Gasteiger partial charge is 0.178 e. The maximum Gasteiger partial charge on any atom is 0.178 e. The SMILES string of the molecule is COc1ccc(/C=C/c2cc(OC)cc(OC)c2/C=C/C(=O)/C=C/c2ccc(O)c(OC)c2)cc1. The Morgan fingerprint density at radius 1 is 0.657 bits per heavy atom. The molecule has 0 aromatic heterocycles. The van der Waals surface area contributed by atoms with Gasteiger partial charge in [-0.25, -0.2) is 0 Å². The van der Waals surface area contributed by atoms with Crippen molar-refractivity contribution in [1.82, 2.24) is 0 Å². The van der Waals surface area contributed by atoms with Crippen LogP contribution in [0.3, 0.4) is 0 Å². The summed E-state index contributed by atoms with van der Waals surface area (Å²) < 4.78 is 21.3. The maximum absolute atomic E-state index is 12.5. The molecule has 0 aliphatic heterocycles. The molecule has 0 aliphatic carbocycles. The Hall–Kier alpha value is -4.45. The van der Waals surface area contributed by atoms with E-state index in [0.29, 0.717) is 17.2 Å². The lowest BCUT2D eigenvalue weighted by Gasteiger charge is -2.11. The zero-order valence-electron chi connectivity index (χ0n) is 20.1. The first-order valence-corrected chi connectivity index (χ1v) is 10.8. The van der Waals surface area contributed by atoms with Crippen molar-refractivity contribution >= 4 is 30.1 Å². The molecule has 6 nitrogen and oxygen atoms in total. The molecule has 35 heavy (non-hydrogen) atoms. The molecule has 0 unspecified atom stereocenters. The summed E-state index contributed by atoms with van der Waals surface area (Å²) in [6.07, 6.45) is 10.2. The van der Waals surface area contributed by atoms with Crippen molar-refractivity contribution in [3.05, 3.63) is 89.0 Å². The minimum absolute atomic E-state index is 0.0395. The molecule has 3 aromatic rings. The van der Waals surface area contributed by atoms with Crippen LogP contribution in [0.5, 0.6) is 28.7 Å². The van der Waals surface area contributed by atoms with Gasteiger partial charge in [-0.2, -0.15) is 0 Å². The number of phenols is 1. The van der Waals surface area contributed by atoms with Crippen molar-refractivity contribution in [2.45, 2.75) is 0 Å². The van der Waals surface area contributed by atoms with E-state index in [4.69, 9.17) is 18.9 Å². The highest BCUT2D eigenvalue weighted by molar-refractivity contribution is 6.05. The van der Waals surface area contributed by atoms with E-state index in [1.165, 1.54) is 25.3 Å². The summed E-state index contributed by atoms with van der Waals surface area (Å²) in [6, 6.07) is 16.2. The lowest BCUT2D eigenvalue weighted by molar-refractivity contribution is -0.110. The van der Waals surface area contributed by atoms with Gasteiger partial charge in [-0.15, -0.1) is 0 Å². The largest absolute Gasteiger partial charge is 0.504 e. The predicted molar refractivity (Wildman–Crippen MR) is 139 cm³/mol. The summed E-state index contributed by atoms with van der Waals surface area (Å²) in [4.78, 5) is 12.5. The van der Waals surface area contributed by atoms with Gasteiger partial charge in [0.25, 0.3) is 0 Å². The van der Waals surface area contributed by atoms with Gasteiger partial charge >= 0.3 is 0 Å². The number of carbonyl (C=O) groups excluding carboxylic acids is 1. The Morgan fingerprint density at radius 2 is 1.31 bits per heavy atom. The third-order valence-electron chi connectivity index (χ3n) is 5.23. The van der Waals surface area contributed by atoms with Crippen molar-refractivity contribution in [2.75, 3.05) is 28.4 Å². The minimum atomic E-state index is -0.208. The predicted octanol–water partition coefficient (Wildman–Crippen LogP) is 5.89. The van der Waals surface area contributed by atoms with Crippen LogP contribution >= 0.6 is 0 Å². The zero-order chi connectivity index (χ0) is 25.2. The quantitative estimate of drug-likeness (QED) is 0.293. The molecule has 3 rings (SSSR count). The fraction of sp³-hybridized carbons (Fsp3) is 0.138. The van der Waals surface area contributed by atoms with Crippen molar-refractivity contribution in [3.63, 3.8) is 0 Å². The van der Waals surface area contributed by atoms with Crippen LogP contribution in [0, 0.1) is 0 Å². The number of allylic oxidation sites excluding steroid dienone is 2. The van der Waals surface area contributed by atoms with Crippen molar-refractivity contribution in [3.8, 4) is 28.7 Å². The van der Waals surface area contributed by atoms with E-state index in [2.05, 4.69) is 0 Å². The molecular weight excluding hydrogens is 444 g/mol. The highest BCUT2D eigenvalue weighted by Gasteiger charge is 2.09.